The minimum atomic E-state index is 0.755. The molecule has 4 heteroatoms. The van der Waals surface area contributed by atoms with E-state index in [0.29, 0.717) is 0 Å². The van der Waals surface area contributed by atoms with Gasteiger partial charge < -0.3 is 5.32 Å². The number of hydrogen-bond acceptors (Lipinski definition) is 3. The Morgan fingerprint density at radius 2 is 2.07 bits per heavy atom. The minimum absolute atomic E-state index is 0.755. The number of halogens is 1. The van der Waals surface area contributed by atoms with Gasteiger partial charge in [0.15, 0.2) is 0 Å². The van der Waals surface area contributed by atoms with E-state index in [0.717, 1.165) is 28.0 Å². The Bertz CT molecular complexity index is 436. The van der Waals surface area contributed by atoms with Crippen LogP contribution in [-0.4, -0.2) is 4.98 Å². The lowest BCUT2D eigenvalue weighted by Crippen LogP contribution is -1.99. The standard InChI is InChI=1S/C11H11ClN2S/c1-8-14-11(7-15-8)6-13-10-4-2-9(12)3-5-10/h2-5,7,13H,6H2,1H3. The van der Waals surface area contributed by atoms with Crippen LogP contribution >= 0.6 is 22.9 Å². The van der Waals surface area contributed by atoms with Crippen molar-refractivity contribution in [3.05, 3.63) is 45.4 Å². The molecule has 0 aliphatic rings. The van der Waals surface area contributed by atoms with Gasteiger partial charge in [-0.1, -0.05) is 11.6 Å². The Morgan fingerprint density at radius 3 is 2.67 bits per heavy atom. The maximum absolute atomic E-state index is 5.79. The van der Waals surface area contributed by atoms with E-state index in [1.165, 1.54) is 0 Å². The van der Waals surface area contributed by atoms with E-state index in [9.17, 15) is 0 Å². The van der Waals surface area contributed by atoms with Crippen LogP contribution in [0.1, 0.15) is 10.7 Å². The van der Waals surface area contributed by atoms with E-state index in [2.05, 4.69) is 15.7 Å². The van der Waals surface area contributed by atoms with Crippen molar-refractivity contribution in [3.8, 4) is 0 Å². The van der Waals surface area contributed by atoms with Crippen LogP contribution in [0, 0.1) is 6.92 Å². The Morgan fingerprint density at radius 1 is 1.33 bits per heavy atom. The predicted octanol–water partition coefficient (Wildman–Crippen LogP) is 3.72. The third-order valence-electron chi connectivity index (χ3n) is 1.98. The average molecular weight is 239 g/mol. The second-order valence-electron chi connectivity index (χ2n) is 3.22. The maximum Gasteiger partial charge on any atom is 0.0898 e. The SMILES string of the molecule is Cc1nc(CNc2ccc(Cl)cc2)cs1. The number of rotatable bonds is 3. The van der Waals surface area contributed by atoms with E-state index in [1.54, 1.807) is 11.3 Å². The summed E-state index contributed by atoms with van der Waals surface area (Å²) >= 11 is 7.46. The van der Waals surface area contributed by atoms with Gasteiger partial charge in [0.05, 0.1) is 17.2 Å². The van der Waals surface area contributed by atoms with Crippen LogP contribution in [-0.2, 0) is 6.54 Å². The Kier molecular flexibility index (Phi) is 3.23. The summed E-state index contributed by atoms with van der Waals surface area (Å²) < 4.78 is 0. The third-order valence-corrected chi connectivity index (χ3v) is 3.06. The molecule has 0 bridgehead atoms. The zero-order chi connectivity index (χ0) is 10.7. The average Bonchev–Trinajstić information content (AvgIpc) is 2.64. The van der Waals surface area contributed by atoms with Gasteiger partial charge in [-0.25, -0.2) is 4.98 Å². The van der Waals surface area contributed by atoms with Crippen molar-refractivity contribution >= 4 is 28.6 Å². The monoisotopic (exact) mass is 238 g/mol. The van der Waals surface area contributed by atoms with Crippen molar-refractivity contribution in [2.75, 3.05) is 5.32 Å². The van der Waals surface area contributed by atoms with Gasteiger partial charge in [-0.2, -0.15) is 0 Å². The van der Waals surface area contributed by atoms with Crippen LogP contribution in [0.5, 0.6) is 0 Å². The molecule has 1 aromatic carbocycles. The zero-order valence-corrected chi connectivity index (χ0v) is 9.90. The number of nitrogens with one attached hydrogen (secondary N) is 1. The van der Waals surface area contributed by atoms with Crippen molar-refractivity contribution in [1.29, 1.82) is 0 Å². The Labute approximate surface area is 97.9 Å². The summed E-state index contributed by atoms with van der Waals surface area (Å²) in [6.07, 6.45) is 0. The molecule has 78 valence electrons. The molecule has 0 spiro atoms. The zero-order valence-electron chi connectivity index (χ0n) is 8.33. The lowest BCUT2D eigenvalue weighted by Gasteiger charge is -2.03. The van der Waals surface area contributed by atoms with Gasteiger partial charge in [0.2, 0.25) is 0 Å². The number of hydrogen-bond donors (Lipinski definition) is 1. The normalized spacial score (nSPS) is 10.3. The predicted molar refractivity (Wildman–Crippen MR) is 65.6 cm³/mol. The molecule has 2 rings (SSSR count). The molecular weight excluding hydrogens is 228 g/mol. The van der Waals surface area contributed by atoms with Crippen molar-refractivity contribution in [2.45, 2.75) is 13.5 Å². The summed E-state index contributed by atoms with van der Waals surface area (Å²) in [6.45, 7) is 2.77. The highest BCUT2D eigenvalue weighted by molar-refractivity contribution is 7.09. The molecule has 1 aromatic heterocycles. The molecule has 0 atom stereocenters. The van der Waals surface area contributed by atoms with Gasteiger partial charge in [0.25, 0.3) is 0 Å². The van der Waals surface area contributed by atoms with Crippen LogP contribution in [0.3, 0.4) is 0 Å². The van der Waals surface area contributed by atoms with E-state index in [4.69, 9.17) is 11.6 Å². The molecule has 0 aliphatic carbocycles. The first-order valence-corrected chi connectivity index (χ1v) is 5.90. The van der Waals surface area contributed by atoms with Crippen LogP contribution < -0.4 is 5.32 Å². The molecule has 0 radical (unpaired) electrons. The van der Waals surface area contributed by atoms with Gasteiger partial charge in [-0.3, -0.25) is 0 Å². The summed E-state index contributed by atoms with van der Waals surface area (Å²) in [6, 6.07) is 7.66. The fourth-order valence-electron chi connectivity index (χ4n) is 1.25. The van der Waals surface area contributed by atoms with Gasteiger partial charge in [-0.05, 0) is 31.2 Å². The second kappa shape index (κ2) is 4.64. The fraction of sp³-hybridized carbons (Fsp3) is 0.182. The fourth-order valence-corrected chi connectivity index (χ4v) is 1.99. The maximum atomic E-state index is 5.79. The highest BCUT2D eigenvalue weighted by Crippen LogP contribution is 2.15. The molecule has 1 heterocycles. The molecule has 1 N–H and O–H groups in total. The number of nitrogens with zero attached hydrogens (tertiary/aromatic N) is 1. The molecule has 0 amide bonds. The van der Waals surface area contributed by atoms with Crippen LogP contribution in [0.15, 0.2) is 29.6 Å². The largest absolute Gasteiger partial charge is 0.379 e. The van der Waals surface area contributed by atoms with Crippen molar-refractivity contribution in [3.63, 3.8) is 0 Å². The molecule has 0 saturated carbocycles. The van der Waals surface area contributed by atoms with E-state index in [1.807, 2.05) is 31.2 Å². The van der Waals surface area contributed by atoms with Gasteiger partial charge >= 0.3 is 0 Å². The third kappa shape index (κ3) is 2.94. The van der Waals surface area contributed by atoms with Gasteiger partial charge in [-0.15, -0.1) is 11.3 Å². The quantitative estimate of drug-likeness (QED) is 0.882. The summed E-state index contributed by atoms with van der Waals surface area (Å²) in [5, 5.41) is 7.21. The topological polar surface area (TPSA) is 24.9 Å². The van der Waals surface area contributed by atoms with Gasteiger partial charge in [0.1, 0.15) is 0 Å². The molecule has 2 nitrogen and oxygen atoms in total. The lowest BCUT2D eigenvalue weighted by molar-refractivity contribution is 1.05. The van der Waals surface area contributed by atoms with Crippen molar-refractivity contribution < 1.29 is 0 Å². The first-order chi connectivity index (χ1) is 7.24. The Hall–Kier alpha value is -1.06. The van der Waals surface area contributed by atoms with E-state index >= 15 is 0 Å². The summed E-state index contributed by atoms with van der Waals surface area (Å²) in [4.78, 5) is 4.37. The molecule has 0 unspecified atom stereocenters. The molecule has 0 fully saturated rings. The number of aromatic nitrogens is 1. The number of thiazole rings is 1. The summed E-state index contributed by atoms with van der Waals surface area (Å²) in [5.74, 6) is 0. The number of aryl methyl sites for hydroxylation is 1. The smallest absolute Gasteiger partial charge is 0.0898 e. The Balaban J connectivity index is 1.96. The molecule has 0 saturated heterocycles. The lowest BCUT2D eigenvalue weighted by atomic mass is 10.3. The highest BCUT2D eigenvalue weighted by Gasteiger charge is 1.97. The second-order valence-corrected chi connectivity index (χ2v) is 4.72. The molecular formula is C11H11ClN2S. The van der Waals surface area contributed by atoms with E-state index < -0.39 is 0 Å². The summed E-state index contributed by atoms with van der Waals surface area (Å²) in [5.41, 5.74) is 2.14. The van der Waals surface area contributed by atoms with Crippen LogP contribution in [0.2, 0.25) is 5.02 Å². The first-order valence-electron chi connectivity index (χ1n) is 4.64. The first kappa shape index (κ1) is 10.5. The van der Waals surface area contributed by atoms with Crippen LogP contribution in [0.25, 0.3) is 0 Å². The highest BCUT2D eigenvalue weighted by atomic mass is 35.5. The molecule has 0 aliphatic heterocycles. The van der Waals surface area contributed by atoms with Crippen molar-refractivity contribution in [2.24, 2.45) is 0 Å². The van der Waals surface area contributed by atoms with E-state index in [-0.39, 0.29) is 0 Å². The van der Waals surface area contributed by atoms with Crippen LogP contribution in [0.4, 0.5) is 5.69 Å². The number of anilines is 1. The minimum Gasteiger partial charge on any atom is -0.379 e. The summed E-state index contributed by atoms with van der Waals surface area (Å²) in [7, 11) is 0. The van der Waals surface area contributed by atoms with Gasteiger partial charge in [0, 0.05) is 16.1 Å². The van der Waals surface area contributed by atoms with Crippen molar-refractivity contribution in [1.82, 2.24) is 4.98 Å². The molecule has 15 heavy (non-hydrogen) atoms. The number of benzene rings is 1. The molecule has 2 aromatic rings.